The zero-order valence-corrected chi connectivity index (χ0v) is 20.5. The summed E-state index contributed by atoms with van der Waals surface area (Å²) in [4.78, 5) is 12.3. The van der Waals surface area contributed by atoms with Crippen LogP contribution in [0.3, 0.4) is 0 Å². The quantitative estimate of drug-likeness (QED) is 0.328. The van der Waals surface area contributed by atoms with E-state index in [9.17, 15) is 4.79 Å². The van der Waals surface area contributed by atoms with Crippen molar-refractivity contribution in [3.8, 4) is 11.5 Å². The monoisotopic (exact) mass is 550 g/mol. The minimum atomic E-state index is -0.275. The van der Waals surface area contributed by atoms with Gasteiger partial charge in [-0.05, 0) is 89.5 Å². The highest BCUT2D eigenvalue weighted by Gasteiger charge is 2.14. The smallest absolute Gasteiger partial charge is 0.262 e. The second-order valence-corrected chi connectivity index (χ2v) is 8.70. The molecule has 0 spiro atoms. The van der Waals surface area contributed by atoms with Gasteiger partial charge in [0.15, 0.2) is 18.1 Å². The van der Waals surface area contributed by atoms with Crippen molar-refractivity contribution in [2.75, 3.05) is 24.4 Å². The normalized spacial score (nSPS) is 10.5. The number of methoxy groups -OCH3 is 1. The summed E-state index contributed by atoms with van der Waals surface area (Å²) in [6.45, 7) is 4.47. The number of carbonyl (C=O) groups excluding carboxylic acids is 1. The molecule has 3 rings (SSSR count). The maximum Gasteiger partial charge on any atom is 0.262 e. The Morgan fingerprint density at radius 3 is 2.58 bits per heavy atom. The summed E-state index contributed by atoms with van der Waals surface area (Å²) >= 11 is 8.30. The van der Waals surface area contributed by atoms with Gasteiger partial charge in [0.1, 0.15) is 0 Å². The first kappa shape index (κ1) is 23.2. The second kappa shape index (κ2) is 10.7. The minimum Gasteiger partial charge on any atom is -0.493 e. The number of hydrogen-bond acceptors (Lipinski definition) is 4. The van der Waals surface area contributed by atoms with Crippen LogP contribution in [0.5, 0.6) is 11.5 Å². The van der Waals surface area contributed by atoms with Crippen molar-refractivity contribution in [1.29, 1.82) is 0 Å². The first-order chi connectivity index (χ1) is 14.9. The molecule has 0 heterocycles. The van der Waals surface area contributed by atoms with Crippen LogP contribution in [0.25, 0.3) is 0 Å². The predicted octanol–water partition coefficient (Wildman–Crippen LogP) is 6.20. The molecular weight excluding hydrogens is 527 g/mol. The van der Waals surface area contributed by atoms with E-state index in [1.807, 2.05) is 37.3 Å². The number of amides is 1. The lowest BCUT2D eigenvalue weighted by atomic mass is 10.2. The molecule has 3 aromatic carbocycles. The number of benzene rings is 3. The van der Waals surface area contributed by atoms with Crippen LogP contribution in [0.15, 0.2) is 54.6 Å². The van der Waals surface area contributed by atoms with E-state index in [-0.39, 0.29) is 12.5 Å². The SMILES string of the molecule is COc1cc(CNc2cccc(C)c2)cc(I)c1OCC(=O)Nc1ccc(C)c(Cl)c1. The van der Waals surface area contributed by atoms with Gasteiger partial charge in [-0.3, -0.25) is 4.79 Å². The van der Waals surface area contributed by atoms with E-state index in [0.29, 0.717) is 28.8 Å². The first-order valence-corrected chi connectivity index (χ1v) is 11.2. The third kappa shape index (κ3) is 6.51. The van der Waals surface area contributed by atoms with Gasteiger partial charge in [-0.15, -0.1) is 0 Å². The molecule has 162 valence electrons. The summed E-state index contributed by atoms with van der Waals surface area (Å²) in [5.74, 6) is 0.849. The van der Waals surface area contributed by atoms with Gasteiger partial charge in [-0.25, -0.2) is 0 Å². The number of rotatable bonds is 8. The summed E-state index contributed by atoms with van der Waals surface area (Å²) in [6.07, 6.45) is 0. The van der Waals surface area contributed by atoms with Crippen molar-refractivity contribution >= 4 is 51.5 Å². The van der Waals surface area contributed by atoms with Crippen LogP contribution in [-0.2, 0) is 11.3 Å². The van der Waals surface area contributed by atoms with Gasteiger partial charge in [-0.2, -0.15) is 0 Å². The van der Waals surface area contributed by atoms with Crippen LogP contribution in [0.1, 0.15) is 16.7 Å². The van der Waals surface area contributed by atoms with Crippen molar-refractivity contribution < 1.29 is 14.3 Å². The molecule has 0 radical (unpaired) electrons. The van der Waals surface area contributed by atoms with Crippen molar-refractivity contribution in [3.63, 3.8) is 0 Å². The number of anilines is 2. The predicted molar refractivity (Wildman–Crippen MR) is 135 cm³/mol. The summed E-state index contributed by atoms with van der Waals surface area (Å²) in [6, 6.07) is 17.5. The van der Waals surface area contributed by atoms with Gasteiger partial charge < -0.3 is 20.1 Å². The minimum absolute atomic E-state index is 0.140. The van der Waals surface area contributed by atoms with Crippen molar-refractivity contribution in [2.24, 2.45) is 0 Å². The lowest BCUT2D eigenvalue weighted by molar-refractivity contribution is -0.118. The molecule has 1 amide bonds. The molecule has 0 aliphatic heterocycles. The van der Waals surface area contributed by atoms with Crippen molar-refractivity contribution in [2.45, 2.75) is 20.4 Å². The Labute approximate surface area is 201 Å². The largest absolute Gasteiger partial charge is 0.493 e. The van der Waals surface area contributed by atoms with E-state index in [4.69, 9.17) is 21.1 Å². The molecular formula is C24H24ClIN2O3. The van der Waals surface area contributed by atoms with Crippen molar-refractivity contribution in [1.82, 2.24) is 0 Å². The molecule has 2 N–H and O–H groups in total. The average Bonchev–Trinajstić information content (AvgIpc) is 2.73. The Morgan fingerprint density at radius 2 is 1.87 bits per heavy atom. The van der Waals surface area contributed by atoms with Gasteiger partial charge in [0.25, 0.3) is 5.91 Å². The second-order valence-electron chi connectivity index (χ2n) is 7.13. The van der Waals surface area contributed by atoms with Gasteiger partial charge in [0.2, 0.25) is 0 Å². The lowest BCUT2D eigenvalue weighted by Gasteiger charge is -2.15. The van der Waals surface area contributed by atoms with Gasteiger partial charge >= 0.3 is 0 Å². The van der Waals surface area contributed by atoms with Crippen LogP contribution in [-0.4, -0.2) is 19.6 Å². The van der Waals surface area contributed by atoms with Crippen LogP contribution in [0.4, 0.5) is 11.4 Å². The Hall–Kier alpha value is -2.45. The fraction of sp³-hybridized carbons (Fsp3) is 0.208. The summed E-state index contributed by atoms with van der Waals surface area (Å²) in [7, 11) is 1.59. The fourth-order valence-electron chi connectivity index (χ4n) is 2.98. The topological polar surface area (TPSA) is 59.6 Å². The van der Waals surface area contributed by atoms with Crippen LogP contribution < -0.4 is 20.1 Å². The van der Waals surface area contributed by atoms with Crippen LogP contribution >= 0.6 is 34.2 Å². The van der Waals surface area contributed by atoms with E-state index in [1.165, 1.54) is 5.56 Å². The van der Waals surface area contributed by atoms with E-state index in [2.05, 4.69) is 52.3 Å². The molecule has 0 aliphatic carbocycles. The lowest BCUT2D eigenvalue weighted by Crippen LogP contribution is -2.20. The first-order valence-electron chi connectivity index (χ1n) is 9.71. The number of aryl methyl sites for hydroxylation is 2. The van der Waals surface area contributed by atoms with Crippen LogP contribution in [0, 0.1) is 17.4 Å². The van der Waals surface area contributed by atoms with E-state index in [1.54, 1.807) is 19.2 Å². The summed E-state index contributed by atoms with van der Waals surface area (Å²) in [5.41, 5.74) is 4.89. The maximum atomic E-state index is 12.3. The number of ether oxygens (including phenoxy) is 2. The zero-order valence-electron chi connectivity index (χ0n) is 17.6. The van der Waals surface area contributed by atoms with Crippen molar-refractivity contribution in [3.05, 3.63) is 79.9 Å². The molecule has 0 fully saturated rings. The third-order valence-corrected chi connectivity index (χ3v) is 5.82. The highest BCUT2D eigenvalue weighted by Crippen LogP contribution is 2.34. The Kier molecular flexibility index (Phi) is 8.03. The van der Waals surface area contributed by atoms with E-state index in [0.717, 1.165) is 20.4 Å². The highest BCUT2D eigenvalue weighted by molar-refractivity contribution is 14.1. The molecule has 7 heteroatoms. The summed E-state index contributed by atoms with van der Waals surface area (Å²) < 4.78 is 12.2. The molecule has 0 aromatic heterocycles. The maximum absolute atomic E-state index is 12.3. The molecule has 3 aromatic rings. The van der Waals surface area contributed by atoms with Crippen LogP contribution in [0.2, 0.25) is 5.02 Å². The third-order valence-electron chi connectivity index (χ3n) is 4.61. The van der Waals surface area contributed by atoms with Gasteiger partial charge in [-0.1, -0.05) is 29.8 Å². The molecule has 0 atom stereocenters. The molecule has 5 nitrogen and oxygen atoms in total. The number of nitrogens with one attached hydrogen (secondary N) is 2. The highest BCUT2D eigenvalue weighted by atomic mass is 127. The zero-order chi connectivity index (χ0) is 22.4. The molecule has 0 saturated carbocycles. The molecule has 0 aliphatic rings. The van der Waals surface area contributed by atoms with Gasteiger partial charge in [0, 0.05) is 22.9 Å². The fourth-order valence-corrected chi connectivity index (χ4v) is 3.98. The van der Waals surface area contributed by atoms with E-state index >= 15 is 0 Å². The Bertz CT molecular complexity index is 1090. The Morgan fingerprint density at radius 1 is 1.06 bits per heavy atom. The molecule has 31 heavy (non-hydrogen) atoms. The summed E-state index contributed by atoms with van der Waals surface area (Å²) in [5, 5.41) is 6.80. The number of hydrogen-bond donors (Lipinski definition) is 2. The molecule has 0 unspecified atom stereocenters. The standard InChI is InChI=1S/C24H24ClIN2O3/c1-15-5-4-6-18(9-15)27-13-17-10-21(26)24(22(11-17)30-3)31-14-23(29)28-19-8-7-16(2)20(25)12-19/h4-12,27H,13-14H2,1-3H3,(H,28,29). The van der Waals surface area contributed by atoms with E-state index < -0.39 is 0 Å². The molecule has 0 saturated heterocycles. The number of halogens is 2. The number of carbonyl (C=O) groups is 1. The Balaban J connectivity index is 1.64. The van der Waals surface area contributed by atoms with Gasteiger partial charge in [0.05, 0.1) is 10.7 Å². The average molecular weight is 551 g/mol. The molecule has 0 bridgehead atoms.